The minimum atomic E-state index is -2.72. The van der Waals surface area contributed by atoms with Gasteiger partial charge in [0.2, 0.25) is 5.88 Å². The lowest BCUT2D eigenvalue weighted by atomic mass is 9.93. The van der Waals surface area contributed by atoms with E-state index in [1.54, 1.807) is 36.4 Å². The first kappa shape index (κ1) is 30.1. The predicted octanol–water partition coefficient (Wildman–Crippen LogP) is 4.86. The van der Waals surface area contributed by atoms with Crippen LogP contribution in [0.1, 0.15) is 51.8 Å². The van der Waals surface area contributed by atoms with Crippen molar-refractivity contribution in [3.8, 4) is 11.9 Å². The average Bonchev–Trinajstić information content (AvgIpc) is 3.35. The number of hydrogen-bond acceptors (Lipinski definition) is 9. The lowest BCUT2D eigenvalue weighted by Crippen LogP contribution is -2.33. The fourth-order valence-electron chi connectivity index (χ4n) is 5.26. The number of hydrogen-bond donors (Lipinski definition) is 1. The molecule has 0 saturated carbocycles. The quantitative estimate of drug-likeness (QED) is 0.254. The van der Waals surface area contributed by atoms with Crippen LogP contribution < -0.4 is 4.74 Å². The Morgan fingerprint density at radius 1 is 1.16 bits per heavy atom. The van der Waals surface area contributed by atoms with Crippen molar-refractivity contribution in [2.45, 2.75) is 38.5 Å². The minimum absolute atomic E-state index is 0.0156. The lowest BCUT2D eigenvalue weighted by Gasteiger charge is -2.31. The standard InChI is InChI=1S/C31H33FN6O4S/c1-41-31(39)23-8-9-27-28(17-23)38(14-15-43(2,34)40)29(35-27)19-37-12-10-22(11-13-37)26-4-3-5-30(36-26)42-20-24-7-6-21(18-33)16-25(24)32/h3-9,16-17,22,34H,10-15,19-20H2,1-2H3. The van der Waals surface area contributed by atoms with E-state index in [0.29, 0.717) is 30.1 Å². The molecule has 1 N–H and O–H groups in total. The van der Waals surface area contributed by atoms with Crippen LogP contribution >= 0.6 is 0 Å². The van der Waals surface area contributed by atoms with Crippen LogP contribution in [0.5, 0.6) is 5.88 Å². The van der Waals surface area contributed by atoms with E-state index in [2.05, 4.69) is 9.88 Å². The maximum Gasteiger partial charge on any atom is 0.337 e. The highest BCUT2D eigenvalue weighted by molar-refractivity contribution is 7.91. The predicted molar refractivity (Wildman–Crippen MR) is 160 cm³/mol. The number of nitrogens with one attached hydrogen (secondary N) is 1. The molecule has 0 bridgehead atoms. The van der Waals surface area contributed by atoms with Crippen LogP contribution in [-0.4, -0.2) is 61.8 Å². The number of aryl methyl sites for hydroxylation is 1. The van der Waals surface area contributed by atoms with Gasteiger partial charge in [-0.3, -0.25) is 13.9 Å². The summed E-state index contributed by atoms with van der Waals surface area (Å²) in [4.78, 5) is 24.0. The normalized spacial score (nSPS) is 15.6. The number of halogens is 1. The van der Waals surface area contributed by atoms with Crippen LogP contribution in [0.4, 0.5) is 4.39 Å². The molecule has 1 saturated heterocycles. The summed E-state index contributed by atoms with van der Waals surface area (Å²) in [5, 5.41) is 8.93. The van der Waals surface area contributed by atoms with Crippen molar-refractivity contribution in [1.82, 2.24) is 19.4 Å². The molecular formula is C31H33FN6O4S. The van der Waals surface area contributed by atoms with E-state index in [1.807, 2.05) is 22.8 Å². The first-order chi connectivity index (χ1) is 20.6. The van der Waals surface area contributed by atoms with E-state index >= 15 is 0 Å². The average molecular weight is 605 g/mol. The third-order valence-corrected chi connectivity index (χ3v) is 8.59. The van der Waals surface area contributed by atoms with Crippen LogP contribution in [0.25, 0.3) is 11.0 Å². The number of methoxy groups -OCH3 is 1. The molecule has 0 amide bonds. The molecule has 1 unspecified atom stereocenters. The van der Waals surface area contributed by atoms with Crippen molar-refractivity contribution in [2.75, 3.05) is 32.2 Å². The van der Waals surface area contributed by atoms with Crippen molar-refractivity contribution in [2.24, 2.45) is 0 Å². The van der Waals surface area contributed by atoms with Gasteiger partial charge in [-0.2, -0.15) is 5.26 Å². The molecule has 43 heavy (non-hydrogen) atoms. The van der Waals surface area contributed by atoms with E-state index < -0.39 is 21.5 Å². The van der Waals surface area contributed by atoms with Crippen molar-refractivity contribution in [1.29, 1.82) is 10.0 Å². The molecule has 0 aliphatic carbocycles. The molecule has 1 atom stereocenters. The van der Waals surface area contributed by atoms with Gasteiger partial charge in [0.25, 0.3) is 0 Å². The van der Waals surface area contributed by atoms with E-state index in [-0.39, 0.29) is 23.8 Å². The Morgan fingerprint density at radius 3 is 2.65 bits per heavy atom. The zero-order valence-corrected chi connectivity index (χ0v) is 24.9. The number of likely N-dealkylation sites (tertiary alicyclic amines) is 1. The summed E-state index contributed by atoms with van der Waals surface area (Å²) in [6, 6.07) is 17.1. The second kappa shape index (κ2) is 12.9. The number of carbonyl (C=O) groups is 1. The van der Waals surface area contributed by atoms with Crippen molar-refractivity contribution in [3.05, 3.63) is 88.6 Å². The van der Waals surface area contributed by atoms with E-state index in [0.717, 1.165) is 48.5 Å². The van der Waals surface area contributed by atoms with Crippen LogP contribution in [0.15, 0.2) is 54.6 Å². The molecule has 2 aromatic carbocycles. The third-order valence-electron chi connectivity index (χ3n) is 7.63. The number of aromatic nitrogens is 3. The van der Waals surface area contributed by atoms with Gasteiger partial charge in [-0.15, -0.1) is 0 Å². The Labute approximate surface area is 250 Å². The highest BCUT2D eigenvalue weighted by Crippen LogP contribution is 2.29. The maximum atomic E-state index is 14.2. The fourth-order valence-corrected chi connectivity index (χ4v) is 5.80. The number of imidazole rings is 1. The van der Waals surface area contributed by atoms with Gasteiger partial charge in [-0.05, 0) is 62.3 Å². The monoisotopic (exact) mass is 604 g/mol. The molecule has 224 valence electrons. The van der Waals surface area contributed by atoms with Crippen LogP contribution in [-0.2, 0) is 34.2 Å². The summed E-state index contributed by atoms with van der Waals surface area (Å²) in [6.07, 6.45) is 3.18. The van der Waals surface area contributed by atoms with Crippen LogP contribution in [0, 0.1) is 21.9 Å². The number of nitrogens with zero attached hydrogens (tertiary/aromatic N) is 5. The van der Waals surface area contributed by atoms with E-state index in [1.165, 1.54) is 19.4 Å². The number of ether oxygens (including phenoxy) is 2. The highest BCUT2D eigenvalue weighted by atomic mass is 32.2. The van der Waals surface area contributed by atoms with Gasteiger partial charge in [0.15, 0.2) is 0 Å². The molecule has 3 heterocycles. The molecule has 5 rings (SSSR count). The number of piperidine rings is 1. The summed E-state index contributed by atoms with van der Waals surface area (Å²) in [5.74, 6) is 0.706. The summed E-state index contributed by atoms with van der Waals surface area (Å²) in [6.45, 7) is 2.57. The van der Waals surface area contributed by atoms with Gasteiger partial charge in [-0.1, -0.05) is 12.1 Å². The molecule has 2 aromatic heterocycles. The van der Waals surface area contributed by atoms with Gasteiger partial charge >= 0.3 is 5.97 Å². The van der Waals surface area contributed by atoms with Crippen molar-refractivity contribution in [3.63, 3.8) is 0 Å². The third kappa shape index (κ3) is 7.36. The highest BCUT2D eigenvalue weighted by Gasteiger charge is 2.24. The molecular weight excluding hydrogens is 571 g/mol. The van der Waals surface area contributed by atoms with Gasteiger partial charge in [0.1, 0.15) is 18.2 Å². The number of rotatable bonds is 10. The summed E-state index contributed by atoms with van der Waals surface area (Å²) >= 11 is 0. The molecule has 0 spiro atoms. The van der Waals surface area contributed by atoms with Gasteiger partial charge < -0.3 is 14.0 Å². The van der Waals surface area contributed by atoms with Crippen LogP contribution in [0.2, 0.25) is 0 Å². The smallest absolute Gasteiger partial charge is 0.337 e. The number of pyridine rings is 1. The van der Waals surface area contributed by atoms with Gasteiger partial charge in [0.05, 0.1) is 41.9 Å². The molecule has 4 aromatic rings. The number of nitriles is 1. The van der Waals surface area contributed by atoms with Gasteiger partial charge in [-0.25, -0.2) is 19.2 Å². The molecule has 1 aliphatic rings. The summed E-state index contributed by atoms with van der Waals surface area (Å²) < 4.78 is 46.9. The number of benzene rings is 2. The van der Waals surface area contributed by atoms with E-state index in [4.69, 9.17) is 24.5 Å². The zero-order chi connectivity index (χ0) is 30.6. The molecule has 1 fully saturated rings. The Hall–Kier alpha value is -4.34. The lowest BCUT2D eigenvalue weighted by molar-refractivity contribution is 0.0601. The number of fused-ring (bicyclic) bond motifs is 1. The van der Waals surface area contributed by atoms with Gasteiger partial charge in [0, 0.05) is 51.5 Å². The first-order valence-corrected chi connectivity index (χ1v) is 16.1. The zero-order valence-electron chi connectivity index (χ0n) is 24.1. The van der Waals surface area contributed by atoms with Crippen LogP contribution in [0.3, 0.4) is 0 Å². The minimum Gasteiger partial charge on any atom is -0.473 e. The summed E-state index contributed by atoms with van der Waals surface area (Å²) in [5.41, 5.74) is 3.43. The Balaban J connectivity index is 1.25. The molecule has 1 aliphatic heterocycles. The maximum absolute atomic E-state index is 14.2. The first-order valence-electron chi connectivity index (χ1n) is 13.9. The largest absolute Gasteiger partial charge is 0.473 e. The van der Waals surface area contributed by atoms with Crippen molar-refractivity contribution >= 4 is 26.7 Å². The second-order valence-electron chi connectivity index (χ2n) is 10.7. The molecule has 0 radical (unpaired) electrons. The second-order valence-corrected chi connectivity index (χ2v) is 13.2. The molecule has 10 nitrogen and oxygen atoms in total. The van der Waals surface area contributed by atoms with E-state index in [9.17, 15) is 13.4 Å². The Bertz CT molecular complexity index is 1790. The fraction of sp³-hybridized carbons (Fsp3) is 0.355. The number of esters is 1. The number of carbonyl (C=O) groups excluding carboxylic acids is 1. The van der Waals surface area contributed by atoms with Crippen molar-refractivity contribution < 1.29 is 22.9 Å². The SMILES string of the molecule is COC(=O)c1ccc2nc(CN3CCC(c4cccc(OCc5ccc(C#N)cc5F)n4)CC3)n(CCS(C)(=N)=O)c2c1. The Morgan fingerprint density at radius 2 is 1.95 bits per heavy atom. The Kier molecular flexibility index (Phi) is 9.03. The topological polar surface area (TPSA) is 134 Å². The molecule has 12 heteroatoms. The summed E-state index contributed by atoms with van der Waals surface area (Å²) in [7, 11) is -1.38.